The minimum Gasteiger partial charge on any atom is -0.494 e. The number of hydrogen-bond donors (Lipinski definition) is 0. The first-order valence-corrected chi connectivity index (χ1v) is 9.33. The van der Waals surface area contributed by atoms with Crippen molar-refractivity contribution in [3.05, 3.63) is 29.8 Å². The SMILES string of the molecule is CCOc1ccc(C2SCC(=O)N2CCCSC)cc1. The Bertz CT molecular complexity index is 436. The van der Waals surface area contributed by atoms with Gasteiger partial charge in [-0.25, -0.2) is 0 Å². The summed E-state index contributed by atoms with van der Waals surface area (Å²) in [5, 5.41) is 0.167. The summed E-state index contributed by atoms with van der Waals surface area (Å²) in [5.41, 5.74) is 1.19. The van der Waals surface area contributed by atoms with E-state index in [4.69, 9.17) is 4.74 Å². The van der Waals surface area contributed by atoms with Crippen molar-refractivity contribution in [3.63, 3.8) is 0 Å². The summed E-state index contributed by atoms with van der Waals surface area (Å²) in [4.78, 5) is 14.0. The lowest BCUT2D eigenvalue weighted by Crippen LogP contribution is -2.29. The third-order valence-electron chi connectivity index (χ3n) is 3.19. The highest BCUT2D eigenvalue weighted by molar-refractivity contribution is 8.00. The van der Waals surface area contributed by atoms with Crippen LogP contribution in [0.3, 0.4) is 0 Å². The fraction of sp³-hybridized carbons (Fsp3) is 0.533. The average Bonchev–Trinajstić information content (AvgIpc) is 2.82. The molecule has 1 amide bonds. The lowest BCUT2D eigenvalue weighted by atomic mass is 10.2. The van der Waals surface area contributed by atoms with Crippen molar-refractivity contribution in [1.29, 1.82) is 0 Å². The lowest BCUT2D eigenvalue weighted by Gasteiger charge is -2.24. The Morgan fingerprint density at radius 3 is 2.80 bits per heavy atom. The van der Waals surface area contributed by atoms with E-state index in [1.165, 1.54) is 5.56 Å². The van der Waals surface area contributed by atoms with E-state index in [1.807, 2.05) is 35.7 Å². The highest BCUT2D eigenvalue weighted by Gasteiger charge is 2.32. The first-order valence-electron chi connectivity index (χ1n) is 6.89. The van der Waals surface area contributed by atoms with Gasteiger partial charge in [0.1, 0.15) is 11.1 Å². The number of carbonyl (C=O) groups excluding carboxylic acids is 1. The summed E-state index contributed by atoms with van der Waals surface area (Å²) in [6, 6.07) is 8.12. The highest BCUT2D eigenvalue weighted by Crippen LogP contribution is 2.39. The van der Waals surface area contributed by atoms with E-state index in [1.54, 1.807) is 11.8 Å². The minimum atomic E-state index is 0.167. The average molecular weight is 311 g/mol. The second kappa shape index (κ2) is 7.84. The van der Waals surface area contributed by atoms with E-state index < -0.39 is 0 Å². The molecule has 0 N–H and O–H groups in total. The highest BCUT2D eigenvalue weighted by atomic mass is 32.2. The Balaban J connectivity index is 2.03. The lowest BCUT2D eigenvalue weighted by molar-refractivity contribution is -0.128. The fourth-order valence-electron chi connectivity index (χ4n) is 2.25. The number of amides is 1. The van der Waals surface area contributed by atoms with Gasteiger partial charge in [-0.1, -0.05) is 12.1 Å². The van der Waals surface area contributed by atoms with Crippen LogP contribution < -0.4 is 4.74 Å². The molecule has 0 aromatic heterocycles. The van der Waals surface area contributed by atoms with Crippen molar-refractivity contribution in [3.8, 4) is 5.75 Å². The fourth-order valence-corrected chi connectivity index (χ4v) is 3.88. The molecular formula is C15H21NO2S2. The molecule has 0 bridgehead atoms. The molecule has 3 nitrogen and oxygen atoms in total. The van der Waals surface area contributed by atoms with Crippen LogP contribution >= 0.6 is 23.5 Å². The smallest absolute Gasteiger partial charge is 0.233 e. The quantitative estimate of drug-likeness (QED) is 0.722. The Hall–Kier alpha value is -0.810. The molecule has 1 aliphatic heterocycles. The third kappa shape index (κ3) is 3.85. The molecule has 1 aromatic rings. The second-order valence-corrected chi connectivity index (χ2v) is 6.65. The van der Waals surface area contributed by atoms with Crippen molar-refractivity contribution in [2.45, 2.75) is 18.7 Å². The van der Waals surface area contributed by atoms with Crippen LogP contribution in [0.2, 0.25) is 0 Å². The van der Waals surface area contributed by atoms with E-state index >= 15 is 0 Å². The maximum absolute atomic E-state index is 12.0. The molecule has 110 valence electrons. The number of carbonyl (C=O) groups is 1. The summed E-state index contributed by atoms with van der Waals surface area (Å²) in [5.74, 6) is 2.84. The molecule has 5 heteroatoms. The molecule has 1 saturated heterocycles. The first-order chi connectivity index (χ1) is 9.76. The van der Waals surface area contributed by atoms with Gasteiger partial charge in [-0.3, -0.25) is 4.79 Å². The summed E-state index contributed by atoms with van der Waals surface area (Å²) >= 11 is 3.55. The van der Waals surface area contributed by atoms with E-state index in [2.05, 4.69) is 18.4 Å². The zero-order valence-electron chi connectivity index (χ0n) is 12.0. The molecule has 1 fully saturated rings. The Morgan fingerprint density at radius 2 is 2.15 bits per heavy atom. The predicted octanol–water partition coefficient (Wildman–Crippen LogP) is 3.41. The van der Waals surface area contributed by atoms with Gasteiger partial charge >= 0.3 is 0 Å². The van der Waals surface area contributed by atoms with Gasteiger partial charge in [-0.2, -0.15) is 11.8 Å². The van der Waals surface area contributed by atoms with Crippen LogP contribution in [0, 0.1) is 0 Å². The molecule has 2 rings (SSSR count). The maximum atomic E-state index is 12.0. The molecule has 0 aliphatic carbocycles. The van der Waals surface area contributed by atoms with Crippen LogP contribution in [0.4, 0.5) is 0 Å². The van der Waals surface area contributed by atoms with Gasteiger partial charge < -0.3 is 9.64 Å². The number of benzene rings is 1. The van der Waals surface area contributed by atoms with Crippen molar-refractivity contribution in [2.75, 3.05) is 30.9 Å². The summed E-state index contributed by atoms with van der Waals surface area (Å²) < 4.78 is 5.46. The number of nitrogens with zero attached hydrogens (tertiary/aromatic N) is 1. The predicted molar refractivity (Wildman–Crippen MR) is 87.5 cm³/mol. The normalized spacial score (nSPS) is 18.6. The van der Waals surface area contributed by atoms with Crippen molar-refractivity contribution < 1.29 is 9.53 Å². The Labute approximate surface area is 129 Å². The van der Waals surface area contributed by atoms with Crippen LogP contribution in [-0.4, -0.2) is 41.7 Å². The topological polar surface area (TPSA) is 29.5 Å². The van der Waals surface area contributed by atoms with Crippen LogP contribution in [0.25, 0.3) is 0 Å². The van der Waals surface area contributed by atoms with Crippen molar-refractivity contribution in [2.24, 2.45) is 0 Å². The second-order valence-electron chi connectivity index (χ2n) is 4.60. The summed E-state index contributed by atoms with van der Waals surface area (Å²) in [7, 11) is 0. The molecular weight excluding hydrogens is 290 g/mol. The van der Waals surface area contributed by atoms with Crippen LogP contribution in [0.5, 0.6) is 5.75 Å². The Kier molecular flexibility index (Phi) is 6.10. The molecule has 0 radical (unpaired) electrons. The summed E-state index contributed by atoms with van der Waals surface area (Å²) in [6.07, 6.45) is 3.16. The van der Waals surface area contributed by atoms with Crippen LogP contribution in [0.1, 0.15) is 24.3 Å². The molecule has 1 unspecified atom stereocenters. The van der Waals surface area contributed by atoms with Crippen molar-refractivity contribution in [1.82, 2.24) is 4.90 Å². The number of rotatable bonds is 7. The number of hydrogen-bond acceptors (Lipinski definition) is 4. The monoisotopic (exact) mass is 311 g/mol. The van der Waals surface area contributed by atoms with Gasteiger partial charge in [-0.15, -0.1) is 11.8 Å². The molecule has 20 heavy (non-hydrogen) atoms. The van der Waals surface area contributed by atoms with Gasteiger partial charge in [0.15, 0.2) is 0 Å². The zero-order chi connectivity index (χ0) is 14.4. The third-order valence-corrected chi connectivity index (χ3v) is 5.14. The molecule has 1 heterocycles. The van der Waals surface area contributed by atoms with Crippen molar-refractivity contribution >= 4 is 29.4 Å². The van der Waals surface area contributed by atoms with E-state index in [0.717, 1.165) is 24.5 Å². The standard InChI is InChI=1S/C15H21NO2S2/c1-3-18-13-7-5-12(6-8-13)15-16(9-4-10-19-2)14(17)11-20-15/h5-8,15H,3-4,9-11H2,1-2H3. The first kappa shape index (κ1) is 15.6. The van der Waals surface area contributed by atoms with Crippen LogP contribution in [0.15, 0.2) is 24.3 Å². The molecule has 1 aliphatic rings. The molecule has 0 saturated carbocycles. The van der Waals surface area contributed by atoms with Crippen LogP contribution in [-0.2, 0) is 4.79 Å². The summed E-state index contributed by atoms with van der Waals surface area (Å²) in [6.45, 7) is 3.51. The van der Waals surface area contributed by atoms with E-state index in [0.29, 0.717) is 12.4 Å². The van der Waals surface area contributed by atoms with Gasteiger partial charge in [0.05, 0.1) is 12.4 Å². The number of thioether (sulfide) groups is 2. The Morgan fingerprint density at radius 1 is 1.40 bits per heavy atom. The molecule has 0 spiro atoms. The van der Waals surface area contributed by atoms with E-state index in [9.17, 15) is 4.79 Å². The van der Waals surface area contributed by atoms with Gasteiger partial charge in [0.25, 0.3) is 0 Å². The minimum absolute atomic E-state index is 0.167. The zero-order valence-corrected chi connectivity index (χ0v) is 13.6. The molecule has 1 atom stereocenters. The largest absolute Gasteiger partial charge is 0.494 e. The van der Waals surface area contributed by atoms with E-state index in [-0.39, 0.29) is 11.3 Å². The van der Waals surface area contributed by atoms with Gasteiger partial charge in [-0.05, 0) is 43.0 Å². The van der Waals surface area contributed by atoms with Gasteiger partial charge in [0, 0.05) is 6.54 Å². The molecule has 1 aromatic carbocycles. The van der Waals surface area contributed by atoms with Gasteiger partial charge in [0.2, 0.25) is 5.91 Å². The number of ether oxygens (including phenoxy) is 1. The maximum Gasteiger partial charge on any atom is 0.233 e.